The van der Waals surface area contributed by atoms with E-state index in [2.05, 4.69) is 36.1 Å². The summed E-state index contributed by atoms with van der Waals surface area (Å²) in [7, 11) is 0. The molecule has 0 aliphatic carbocycles. The van der Waals surface area contributed by atoms with Crippen LogP contribution in [0.5, 0.6) is 0 Å². The third-order valence-corrected chi connectivity index (χ3v) is 6.45. The number of hydrogen-bond donors (Lipinski definition) is 1. The molecule has 0 aliphatic heterocycles. The highest BCUT2D eigenvalue weighted by atomic mass is 32.2. The lowest BCUT2D eigenvalue weighted by atomic mass is 9.94. The van der Waals surface area contributed by atoms with Crippen molar-refractivity contribution in [3.8, 4) is 0 Å². The van der Waals surface area contributed by atoms with Crippen molar-refractivity contribution in [3.63, 3.8) is 0 Å². The van der Waals surface area contributed by atoms with Gasteiger partial charge < -0.3 is 14.3 Å². The fourth-order valence-electron chi connectivity index (χ4n) is 2.83. The van der Waals surface area contributed by atoms with Crippen molar-refractivity contribution < 1.29 is 9.21 Å². The van der Waals surface area contributed by atoms with Crippen LogP contribution in [0.4, 0.5) is 5.13 Å². The average Bonchev–Trinajstić information content (AvgIpc) is 3.40. The van der Waals surface area contributed by atoms with Crippen LogP contribution < -0.4 is 5.32 Å². The second-order valence-corrected chi connectivity index (χ2v) is 10.00. The minimum Gasteiger partial charge on any atom is -0.444 e. The predicted molar refractivity (Wildman–Crippen MR) is 117 cm³/mol. The van der Waals surface area contributed by atoms with Gasteiger partial charge in [0.2, 0.25) is 11.8 Å². The van der Waals surface area contributed by atoms with E-state index >= 15 is 0 Å². The van der Waals surface area contributed by atoms with E-state index in [0.717, 1.165) is 20.9 Å². The van der Waals surface area contributed by atoms with E-state index in [1.165, 1.54) is 11.3 Å². The Morgan fingerprint density at radius 1 is 1.21 bits per heavy atom. The minimum absolute atomic E-state index is 0.0527. The molecule has 0 saturated heterocycles. The summed E-state index contributed by atoms with van der Waals surface area (Å²) in [5.74, 6) is 2.10. The number of thioether (sulfide) groups is 1. The van der Waals surface area contributed by atoms with Gasteiger partial charge in [-0.25, -0.2) is 9.97 Å². The van der Waals surface area contributed by atoms with Crippen LogP contribution in [0.2, 0.25) is 0 Å². The summed E-state index contributed by atoms with van der Waals surface area (Å²) in [5, 5.41) is 4.60. The van der Waals surface area contributed by atoms with Crippen molar-refractivity contribution in [3.05, 3.63) is 60.6 Å². The summed E-state index contributed by atoms with van der Waals surface area (Å²) >= 11 is 3.05. The summed E-state index contributed by atoms with van der Waals surface area (Å²) in [6.45, 7) is 6.54. The Hall–Kier alpha value is -2.58. The largest absolute Gasteiger partial charge is 0.444 e. The normalized spacial score (nSPS) is 11.8. The van der Waals surface area contributed by atoms with Crippen molar-refractivity contribution in [1.82, 2.24) is 14.5 Å². The SMILES string of the molecule is CC(C)(C)c1cnc(CSc2cnc(NC(=O)Cn3ccc4ccccc43)s2)o1. The van der Waals surface area contributed by atoms with Gasteiger partial charge in [-0.05, 0) is 17.5 Å². The second-order valence-electron chi connectivity index (χ2n) is 7.69. The summed E-state index contributed by atoms with van der Waals surface area (Å²) < 4.78 is 8.75. The van der Waals surface area contributed by atoms with Crippen molar-refractivity contribution in [1.29, 1.82) is 0 Å². The monoisotopic (exact) mass is 426 g/mol. The molecule has 0 saturated carbocycles. The molecule has 0 atom stereocenters. The number of aromatic nitrogens is 3. The number of nitrogens with one attached hydrogen (secondary N) is 1. The molecule has 1 N–H and O–H groups in total. The van der Waals surface area contributed by atoms with Crippen molar-refractivity contribution in [2.24, 2.45) is 0 Å². The number of fused-ring (bicyclic) bond motifs is 1. The Kier molecular flexibility index (Phi) is 5.47. The maximum absolute atomic E-state index is 12.4. The number of hydrogen-bond acceptors (Lipinski definition) is 6. The number of rotatable bonds is 6. The van der Waals surface area contributed by atoms with E-state index in [0.29, 0.717) is 16.8 Å². The molecule has 29 heavy (non-hydrogen) atoms. The van der Waals surface area contributed by atoms with Gasteiger partial charge in [0.05, 0.1) is 22.4 Å². The number of para-hydroxylation sites is 1. The van der Waals surface area contributed by atoms with Crippen LogP contribution >= 0.6 is 23.1 Å². The zero-order chi connectivity index (χ0) is 20.4. The fourth-order valence-corrected chi connectivity index (χ4v) is 4.57. The predicted octanol–water partition coefficient (Wildman–Crippen LogP) is 5.31. The van der Waals surface area contributed by atoms with Gasteiger partial charge in [-0.15, -0.1) is 11.8 Å². The first kappa shape index (κ1) is 19.7. The molecule has 4 rings (SSSR count). The molecule has 3 aromatic heterocycles. The maximum Gasteiger partial charge on any atom is 0.246 e. The first-order valence-corrected chi connectivity index (χ1v) is 11.1. The van der Waals surface area contributed by atoms with Crippen LogP contribution in [0.3, 0.4) is 0 Å². The number of thiazole rings is 1. The number of nitrogens with zero attached hydrogens (tertiary/aromatic N) is 3. The van der Waals surface area contributed by atoms with Crippen LogP contribution in [0.15, 0.2) is 57.5 Å². The van der Waals surface area contributed by atoms with Gasteiger partial charge in [0.15, 0.2) is 5.13 Å². The zero-order valence-corrected chi connectivity index (χ0v) is 18.1. The topological polar surface area (TPSA) is 73.0 Å². The van der Waals surface area contributed by atoms with Gasteiger partial charge in [0, 0.05) is 17.1 Å². The molecule has 0 radical (unpaired) electrons. The fraction of sp³-hybridized carbons (Fsp3) is 0.286. The highest BCUT2D eigenvalue weighted by Crippen LogP contribution is 2.31. The van der Waals surface area contributed by atoms with Crippen LogP contribution in [0.25, 0.3) is 10.9 Å². The second kappa shape index (κ2) is 8.04. The van der Waals surface area contributed by atoms with Crippen molar-refractivity contribution in [2.45, 2.75) is 42.7 Å². The first-order valence-electron chi connectivity index (χ1n) is 9.26. The molecule has 0 unspecified atom stereocenters. The number of carbonyl (C=O) groups excluding carboxylic acids is 1. The molecule has 150 valence electrons. The lowest BCUT2D eigenvalue weighted by Crippen LogP contribution is -2.17. The third kappa shape index (κ3) is 4.71. The Bertz CT molecular complexity index is 1140. The van der Waals surface area contributed by atoms with Gasteiger partial charge in [-0.1, -0.05) is 50.3 Å². The Labute approximate surface area is 177 Å². The summed E-state index contributed by atoms with van der Waals surface area (Å²) in [6.07, 6.45) is 5.48. The zero-order valence-electron chi connectivity index (χ0n) is 16.5. The number of amides is 1. The van der Waals surface area contributed by atoms with Gasteiger partial charge in [0.1, 0.15) is 12.3 Å². The quantitative estimate of drug-likeness (QED) is 0.423. The molecule has 6 nitrogen and oxygen atoms in total. The molecule has 0 aliphatic rings. The standard InChI is InChI=1S/C21H22N4O2S2/c1-21(2,3)16-10-22-18(27-16)13-28-19-11-23-20(29-19)24-17(26)12-25-9-8-14-6-4-5-7-15(14)25/h4-11H,12-13H2,1-3H3,(H,23,24,26). The number of anilines is 1. The summed E-state index contributed by atoms with van der Waals surface area (Å²) in [5.41, 5.74) is 0.988. The van der Waals surface area contributed by atoms with Crippen LogP contribution in [0, 0.1) is 0 Å². The van der Waals surface area contributed by atoms with Crippen LogP contribution in [-0.2, 0) is 22.5 Å². The Morgan fingerprint density at radius 3 is 2.83 bits per heavy atom. The highest BCUT2D eigenvalue weighted by molar-refractivity contribution is 8.00. The van der Waals surface area contributed by atoms with Crippen LogP contribution in [-0.4, -0.2) is 20.4 Å². The molecule has 0 fully saturated rings. The van der Waals surface area contributed by atoms with E-state index in [9.17, 15) is 4.79 Å². The third-order valence-electron chi connectivity index (χ3n) is 4.36. The van der Waals surface area contributed by atoms with Crippen LogP contribution in [0.1, 0.15) is 32.4 Å². The van der Waals surface area contributed by atoms with Gasteiger partial charge in [-0.3, -0.25) is 4.79 Å². The molecule has 8 heteroatoms. The summed E-state index contributed by atoms with van der Waals surface area (Å²) in [4.78, 5) is 21.1. The Balaban J connectivity index is 1.33. The van der Waals surface area contributed by atoms with Gasteiger partial charge in [-0.2, -0.15) is 0 Å². The molecule has 1 amide bonds. The maximum atomic E-state index is 12.4. The van der Waals surface area contributed by atoms with Crippen molar-refractivity contribution >= 4 is 45.0 Å². The molecule has 0 spiro atoms. The van der Waals surface area contributed by atoms with E-state index < -0.39 is 0 Å². The molecular formula is C21H22N4O2S2. The highest BCUT2D eigenvalue weighted by Gasteiger charge is 2.19. The van der Waals surface area contributed by atoms with E-state index in [1.807, 2.05) is 41.1 Å². The lowest BCUT2D eigenvalue weighted by molar-refractivity contribution is -0.116. The Morgan fingerprint density at radius 2 is 2.03 bits per heavy atom. The van der Waals surface area contributed by atoms with Gasteiger partial charge >= 0.3 is 0 Å². The minimum atomic E-state index is -0.0974. The average molecular weight is 427 g/mol. The molecule has 3 heterocycles. The molecule has 4 aromatic rings. The van der Waals surface area contributed by atoms with E-state index in [4.69, 9.17) is 4.42 Å². The first-order chi connectivity index (χ1) is 13.9. The van der Waals surface area contributed by atoms with Crippen molar-refractivity contribution in [2.75, 3.05) is 5.32 Å². The molecular weight excluding hydrogens is 404 g/mol. The number of benzene rings is 1. The van der Waals surface area contributed by atoms with Gasteiger partial charge in [0.25, 0.3) is 0 Å². The summed E-state index contributed by atoms with van der Waals surface area (Å²) in [6, 6.07) is 10.0. The number of oxazole rings is 1. The lowest BCUT2D eigenvalue weighted by Gasteiger charge is -2.12. The van der Waals surface area contributed by atoms with E-state index in [1.54, 1.807) is 24.2 Å². The molecule has 0 bridgehead atoms. The van der Waals surface area contributed by atoms with E-state index in [-0.39, 0.29) is 17.9 Å². The number of carbonyl (C=O) groups is 1. The smallest absolute Gasteiger partial charge is 0.246 e. The molecule has 1 aromatic carbocycles.